The maximum Gasteiger partial charge on any atom is 0.246 e. The van der Waals surface area contributed by atoms with Crippen LogP contribution >= 0.6 is 0 Å². The van der Waals surface area contributed by atoms with E-state index in [0.29, 0.717) is 18.8 Å². The van der Waals surface area contributed by atoms with E-state index in [2.05, 4.69) is 12.1 Å². The van der Waals surface area contributed by atoms with Crippen LogP contribution in [0.5, 0.6) is 5.75 Å². The standard InChI is InChI=1S/C27H27N3O3/c1-33-23-10-6-9-22(17-23)28(18-26(31)29-15-13-20-7-2-4-11-24(20)29)19-27(32)30-16-14-21-8-3-5-12-25(21)30/h2-12,17H,13-16,18-19H2,1H3. The van der Waals surface area contributed by atoms with E-state index < -0.39 is 0 Å². The molecule has 5 rings (SSSR count). The Morgan fingerprint density at radius 1 is 0.788 bits per heavy atom. The lowest BCUT2D eigenvalue weighted by Gasteiger charge is -2.29. The zero-order chi connectivity index (χ0) is 22.8. The van der Waals surface area contributed by atoms with E-state index in [-0.39, 0.29) is 24.9 Å². The fourth-order valence-electron chi connectivity index (χ4n) is 4.74. The number of carbonyl (C=O) groups excluding carboxylic acids is 2. The molecule has 0 saturated heterocycles. The van der Waals surface area contributed by atoms with Crippen LogP contribution in [-0.4, -0.2) is 45.1 Å². The quantitative estimate of drug-likeness (QED) is 0.586. The van der Waals surface area contributed by atoms with Gasteiger partial charge in [0.15, 0.2) is 0 Å². The lowest BCUT2D eigenvalue weighted by atomic mass is 10.2. The first-order valence-electron chi connectivity index (χ1n) is 11.3. The number of hydrogen-bond acceptors (Lipinski definition) is 4. The second kappa shape index (κ2) is 8.98. The second-order valence-electron chi connectivity index (χ2n) is 8.41. The van der Waals surface area contributed by atoms with Crippen molar-refractivity contribution < 1.29 is 14.3 Å². The summed E-state index contributed by atoms with van der Waals surface area (Å²) >= 11 is 0. The van der Waals surface area contributed by atoms with E-state index in [1.165, 1.54) is 11.1 Å². The fraction of sp³-hybridized carbons (Fsp3) is 0.259. The number of benzene rings is 3. The van der Waals surface area contributed by atoms with Crippen LogP contribution in [0.4, 0.5) is 17.1 Å². The normalized spacial score (nSPS) is 14.1. The van der Waals surface area contributed by atoms with E-state index in [9.17, 15) is 9.59 Å². The van der Waals surface area contributed by atoms with Crippen LogP contribution < -0.4 is 19.4 Å². The number of methoxy groups -OCH3 is 1. The molecule has 0 aliphatic carbocycles. The van der Waals surface area contributed by atoms with Crippen LogP contribution in [0.15, 0.2) is 72.8 Å². The molecule has 0 unspecified atom stereocenters. The molecule has 0 aromatic heterocycles. The minimum atomic E-state index is -0.0163. The number of ether oxygens (including phenoxy) is 1. The molecule has 0 bridgehead atoms. The molecule has 3 aromatic carbocycles. The molecule has 0 N–H and O–H groups in total. The summed E-state index contributed by atoms with van der Waals surface area (Å²) in [5.41, 5.74) is 5.09. The summed E-state index contributed by atoms with van der Waals surface area (Å²) in [4.78, 5) is 32.3. The number of carbonyl (C=O) groups is 2. The smallest absolute Gasteiger partial charge is 0.246 e. The summed E-state index contributed by atoms with van der Waals surface area (Å²) < 4.78 is 5.39. The average Bonchev–Trinajstić information content (AvgIpc) is 3.48. The first-order chi connectivity index (χ1) is 16.1. The molecule has 0 spiro atoms. The van der Waals surface area contributed by atoms with Crippen LogP contribution in [0, 0.1) is 0 Å². The van der Waals surface area contributed by atoms with Gasteiger partial charge in [0.05, 0.1) is 20.2 Å². The van der Waals surface area contributed by atoms with Gasteiger partial charge < -0.3 is 19.4 Å². The molecule has 2 amide bonds. The predicted molar refractivity (Wildman–Crippen MR) is 130 cm³/mol. The number of para-hydroxylation sites is 2. The molecular weight excluding hydrogens is 414 g/mol. The van der Waals surface area contributed by atoms with Crippen LogP contribution in [0.1, 0.15) is 11.1 Å². The molecule has 3 aromatic rings. The largest absolute Gasteiger partial charge is 0.497 e. The Hall–Kier alpha value is -3.80. The lowest BCUT2D eigenvalue weighted by molar-refractivity contribution is -0.118. The summed E-state index contributed by atoms with van der Waals surface area (Å²) in [5, 5.41) is 0. The fourth-order valence-corrected chi connectivity index (χ4v) is 4.74. The van der Waals surface area contributed by atoms with Gasteiger partial charge in [-0.15, -0.1) is 0 Å². The maximum atomic E-state index is 13.4. The monoisotopic (exact) mass is 441 g/mol. The minimum Gasteiger partial charge on any atom is -0.497 e. The Labute approximate surface area is 194 Å². The number of amides is 2. The van der Waals surface area contributed by atoms with Crippen molar-refractivity contribution in [1.29, 1.82) is 0 Å². The molecule has 33 heavy (non-hydrogen) atoms. The topological polar surface area (TPSA) is 53.1 Å². The van der Waals surface area contributed by atoms with Gasteiger partial charge >= 0.3 is 0 Å². The van der Waals surface area contributed by atoms with Gasteiger partial charge in [-0.2, -0.15) is 0 Å². The van der Waals surface area contributed by atoms with Crippen LogP contribution in [-0.2, 0) is 22.4 Å². The molecule has 0 radical (unpaired) electrons. The zero-order valence-corrected chi connectivity index (χ0v) is 18.7. The lowest BCUT2D eigenvalue weighted by Crippen LogP contribution is -2.45. The number of rotatable bonds is 6. The highest BCUT2D eigenvalue weighted by molar-refractivity contribution is 6.01. The van der Waals surface area contributed by atoms with Gasteiger partial charge in [0.25, 0.3) is 0 Å². The van der Waals surface area contributed by atoms with Crippen molar-refractivity contribution in [3.05, 3.63) is 83.9 Å². The Kier molecular flexibility index (Phi) is 5.73. The number of fused-ring (bicyclic) bond motifs is 2. The Balaban J connectivity index is 1.39. The Bertz CT molecular complexity index is 1120. The van der Waals surface area contributed by atoms with Crippen LogP contribution in [0.2, 0.25) is 0 Å². The molecule has 0 atom stereocenters. The minimum absolute atomic E-state index is 0.0163. The Morgan fingerprint density at radius 2 is 1.33 bits per heavy atom. The summed E-state index contributed by atoms with van der Waals surface area (Å²) in [6, 6.07) is 23.6. The van der Waals surface area contributed by atoms with E-state index in [1.807, 2.05) is 75.4 Å². The molecule has 6 heteroatoms. The Morgan fingerprint density at radius 3 is 1.88 bits per heavy atom. The summed E-state index contributed by atoms with van der Waals surface area (Å²) in [6.45, 7) is 1.56. The number of anilines is 3. The van der Waals surface area contributed by atoms with Crippen molar-refractivity contribution in [2.45, 2.75) is 12.8 Å². The first kappa shape index (κ1) is 21.1. The van der Waals surface area contributed by atoms with Gasteiger partial charge in [0.1, 0.15) is 5.75 Å². The third kappa shape index (κ3) is 4.16. The van der Waals surface area contributed by atoms with Crippen molar-refractivity contribution in [2.75, 3.05) is 48.0 Å². The molecular formula is C27H27N3O3. The van der Waals surface area contributed by atoms with Crippen molar-refractivity contribution >= 4 is 28.9 Å². The molecule has 0 saturated carbocycles. The molecule has 2 aliphatic rings. The molecule has 2 aliphatic heterocycles. The summed E-state index contributed by atoms with van der Waals surface area (Å²) in [7, 11) is 1.61. The first-order valence-corrected chi connectivity index (χ1v) is 11.3. The third-order valence-electron chi connectivity index (χ3n) is 6.45. The SMILES string of the molecule is COc1cccc(N(CC(=O)N2CCc3ccccc32)CC(=O)N2CCc3ccccc32)c1. The van der Waals surface area contributed by atoms with E-state index in [1.54, 1.807) is 7.11 Å². The molecule has 6 nitrogen and oxygen atoms in total. The van der Waals surface area contributed by atoms with Gasteiger partial charge in [0, 0.05) is 36.2 Å². The van der Waals surface area contributed by atoms with E-state index in [4.69, 9.17) is 4.74 Å². The number of hydrogen-bond donors (Lipinski definition) is 0. The average molecular weight is 442 g/mol. The van der Waals surface area contributed by atoms with Crippen LogP contribution in [0.3, 0.4) is 0 Å². The van der Waals surface area contributed by atoms with Crippen molar-refractivity contribution in [3.63, 3.8) is 0 Å². The van der Waals surface area contributed by atoms with Gasteiger partial charge in [-0.05, 0) is 48.2 Å². The van der Waals surface area contributed by atoms with Crippen molar-refractivity contribution in [3.8, 4) is 5.75 Å². The van der Waals surface area contributed by atoms with Crippen molar-refractivity contribution in [1.82, 2.24) is 0 Å². The molecule has 2 heterocycles. The van der Waals surface area contributed by atoms with Gasteiger partial charge in [-0.25, -0.2) is 0 Å². The van der Waals surface area contributed by atoms with Gasteiger partial charge in [-0.1, -0.05) is 42.5 Å². The zero-order valence-electron chi connectivity index (χ0n) is 18.7. The molecule has 0 fully saturated rings. The predicted octanol–water partition coefficient (Wildman–Crippen LogP) is 3.68. The highest BCUT2D eigenvalue weighted by Crippen LogP contribution is 2.30. The van der Waals surface area contributed by atoms with Crippen molar-refractivity contribution in [2.24, 2.45) is 0 Å². The van der Waals surface area contributed by atoms with Gasteiger partial charge in [0.2, 0.25) is 11.8 Å². The summed E-state index contributed by atoms with van der Waals surface area (Å²) in [5.74, 6) is 0.658. The van der Waals surface area contributed by atoms with Gasteiger partial charge in [-0.3, -0.25) is 9.59 Å². The molecule has 168 valence electrons. The number of nitrogens with zero attached hydrogens (tertiary/aromatic N) is 3. The summed E-state index contributed by atoms with van der Waals surface area (Å²) in [6.07, 6.45) is 1.70. The van der Waals surface area contributed by atoms with Crippen LogP contribution in [0.25, 0.3) is 0 Å². The highest BCUT2D eigenvalue weighted by atomic mass is 16.5. The van der Waals surface area contributed by atoms with E-state index >= 15 is 0 Å². The maximum absolute atomic E-state index is 13.4. The highest BCUT2D eigenvalue weighted by Gasteiger charge is 2.29. The second-order valence-corrected chi connectivity index (χ2v) is 8.41. The third-order valence-corrected chi connectivity index (χ3v) is 6.45. The van der Waals surface area contributed by atoms with E-state index in [0.717, 1.165) is 29.9 Å².